The van der Waals surface area contributed by atoms with Crippen molar-refractivity contribution in [3.8, 4) is 0 Å². The van der Waals surface area contributed by atoms with Crippen LogP contribution in [0.4, 0.5) is 0 Å². The molecule has 0 aromatic rings. The SMILES string of the molecule is CC(NC(=O)CCC(C)(C)CCN)C(=O)N1CCOCC1. The molecule has 1 heterocycles. The van der Waals surface area contributed by atoms with E-state index in [2.05, 4.69) is 19.2 Å². The number of nitrogens with zero attached hydrogens (tertiary/aromatic N) is 1. The number of ether oxygens (including phenoxy) is 1. The average Bonchev–Trinajstić information content (AvgIpc) is 2.45. The van der Waals surface area contributed by atoms with Crippen LogP contribution in [0.25, 0.3) is 0 Å². The highest BCUT2D eigenvalue weighted by Gasteiger charge is 2.24. The molecule has 0 saturated carbocycles. The fourth-order valence-corrected chi connectivity index (χ4v) is 2.40. The Morgan fingerprint density at radius 2 is 1.90 bits per heavy atom. The Labute approximate surface area is 127 Å². The molecule has 122 valence electrons. The number of rotatable bonds is 7. The zero-order chi connectivity index (χ0) is 15.9. The molecular weight excluding hydrogens is 270 g/mol. The van der Waals surface area contributed by atoms with Crippen molar-refractivity contribution in [1.29, 1.82) is 0 Å². The van der Waals surface area contributed by atoms with Crippen molar-refractivity contribution in [1.82, 2.24) is 10.2 Å². The number of nitrogens with one attached hydrogen (secondary N) is 1. The molecule has 0 aliphatic carbocycles. The number of amides is 2. The molecule has 1 aliphatic rings. The first-order valence-electron chi connectivity index (χ1n) is 7.72. The maximum atomic E-state index is 12.2. The van der Waals surface area contributed by atoms with Gasteiger partial charge in [0.2, 0.25) is 11.8 Å². The van der Waals surface area contributed by atoms with Crippen LogP contribution in [0.5, 0.6) is 0 Å². The van der Waals surface area contributed by atoms with E-state index in [4.69, 9.17) is 10.5 Å². The summed E-state index contributed by atoms with van der Waals surface area (Å²) in [6, 6.07) is -0.478. The van der Waals surface area contributed by atoms with E-state index in [0.29, 0.717) is 39.3 Å². The molecule has 0 aromatic carbocycles. The third-order valence-corrected chi connectivity index (χ3v) is 3.92. The summed E-state index contributed by atoms with van der Waals surface area (Å²) in [5.41, 5.74) is 5.62. The summed E-state index contributed by atoms with van der Waals surface area (Å²) in [4.78, 5) is 25.9. The third-order valence-electron chi connectivity index (χ3n) is 3.92. The maximum absolute atomic E-state index is 12.2. The van der Waals surface area contributed by atoms with Gasteiger partial charge >= 0.3 is 0 Å². The highest BCUT2D eigenvalue weighted by molar-refractivity contribution is 5.87. The fourth-order valence-electron chi connectivity index (χ4n) is 2.40. The topological polar surface area (TPSA) is 84.7 Å². The van der Waals surface area contributed by atoms with E-state index in [1.807, 2.05) is 0 Å². The summed E-state index contributed by atoms with van der Waals surface area (Å²) in [6.07, 6.45) is 2.09. The molecule has 1 unspecified atom stereocenters. The number of morpholine rings is 1. The number of carbonyl (C=O) groups is 2. The van der Waals surface area contributed by atoms with Crippen LogP contribution in [0.1, 0.15) is 40.0 Å². The van der Waals surface area contributed by atoms with Gasteiger partial charge in [-0.1, -0.05) is 13.8 Å². The minimum Gasteiger partial charge on any atom is -0.378 e. The molecule has 1 saturated heterocycles. The molecule has 0 radical (unpaired) electrons. The van der Waals surface area contributed by atoms with E-state index < -0.39 is 6.04 Å². The Morgan fingerprint density at radius 1 is 1.29 bits per heavy atom. The first-order valence-corrected chi connectivity index (χ1v) is 7.72. The van der Waals surface area contributed by atoms with Crippen molar-refractivity contribution in [2.75, 3.05) is 32.8 Å². The third kappa shape index (κ3) is 6.44. The zero-order valence-electron chi connectivity index (χ0n) is 13.5. The van der Waals surface area contributed by atoms with Gasteiger partial charge in [0, 0.05) is 19.5 Å². The van der Waals surface area contributed by atoms with E-state index in [0.717, 1.165) is 12.8 Å². The molecule has 1 rings (SSSR count). The van der Waals surface area contributed by atoms with Crippen molar-refractivity contribution in [3.63, 3.8) is 0 Å². The van der Waals surface area contributed by atoms with E-state index >= 15 is 0 Å². The minimum atomic E-state index is -0.478. The van der Waals surface area contributed by atoms with Crippen LogP contribution >= 0.6 is 0 Å². The smallest absolute Gasteiger partial charge is 0.245 e. The molecule has 2 amide bonds. The standard InChI is InChI=1S/C15H29N3O3/c1-12(14(20)18-8-10-21-11-9-18)17-13(19)4-5-15(2,3)6-7-16/h12H,4-11,16H2,1-3H3,(H,17,19). The van der Waals surface area contributed by atoms with E-state index in [-0.39, 0.29) is 17.2 Å². The lowest BCUT2D eigenvalue weighted by Crippen LogP contribution is -2.50. The summed E-state index contributed by atoms with van der Waals surface area (Å²) in [7, 11) is 0. The van der Waals surface area contributed by atoms with Crippen LogP contribution in [0, 0.1) is 5.41 Å². The van der Waals surface area contributed by atoms with Crippen molar-refractivity contribution in [2.45, 2.75) is 46.1 Å². The largest absolute Gasteiger partial charge is 0.378 e. The van der Waals surface area contributed by atoms with Gasteiger partial charge in [0.1, 0.15) is 6.04 Å². The van der Waals surface area contributed by atoms with Crippen LogP contribution in [0.3, 0.4) is 0 Å². The molecule has 1 aliphatic heterocycles. The van der Waals surface area contributed by atoms with Crippen LogP contribution in [-0.2, 0) is 14.3 Å². The zero-order valence-corrected chi connectivity index (χ0v) is 13.5. The molecule has 21 heavy (non-hydrogen) atoms. The number of nitrogens with two attached hydrogens (primary N) is 1. The van der Waals surface area contributed by atoms with Crippen LogP contribution in [0.2, 0.25) is 0 Å². The summed E-state index contributed by atoms with van der Waals surface area (Å²) in [5, 5.41) is 2.79. The molecular formula is C15H29N3O3. The molecule has 1 fully saturated rings. The molecule has 0 aromatic heterocycles. The van der Waals surface area contributed by atoms with Crippen LogP contribution < -0.4 is 11.1 Å². The number of hydrogen-bond donors (Lipinski definition) is 2. The van der Waals surface area contributed by atoms with Gasteiger partial charge in [0.25, 0.3) is 0 Å². The summed E-state index contributed by atoms with van der Waals surface area (Å²) < 4.78 is 5.22. The first kappa shape index (κ1) is 17.9. The van der Waals surface area contributed by atoms with Gasteiger partial charge in [-0.25, -0.2) is 0 Å². The monoisotopic (exact) mass is 299 g/mol. The van der Waals surface area contributed by atoms with Gasteiger partial charge in [-0.2, -0.15) is 0 Å². The van der Waals surface area contributed by atoms with E-state index in [9.17, 15) is 9.59 Å². The molecule has 0 spiro atoms. The predicted octanol–water partition coefficient (Wildman–Crippen LogP) is 0.505. The van der Waals surface area contributed by atoms with E-state index in [1.54, 1.807) is 11.8 Å². The van der Waals surface area contributed by atoms with Gasteiger partial charge in [-0.15, -0.1) is 0 Å². The minimum absolute atomic E-state index is 0.0344. The fraction of sp³-hybridized carbons (Fsp3) is 0.867. The molecule has 0 bridgehead atoms. The van der Waals surface area contributed by atoms with Crippen LogP contribution in [0.15, 0.2) is 0 Å². The molecule has 6 heteroatoms. The summed E-state index contributed by atoms with van der Waals surface area (Å²) in [5.74, 6) is -0.109. The van der Waals surface area contributed by atoms with Crippen molar-refractivity contribution < 1.29 is 14.3 Å². The van der Waals surface area contributed by atoms with Crippen LogP contribution in [-0.4, -0.2) is 55.6 Å². The first-order chi connectivity index (χ1) is 9.85. The lowest BCUT2D eigenvalue weighted by molar-refractivity contribution is -0.139. The van der Waals surface area contributed by atoms with Gasteiger partial charge in [-0.05, 0) is 31.7 Å². The number of hydrogen-bond acceptors (Lipinski definition) is 4. The van der Waals surface area contributed by atoms with Gasteiger partial charge in [0.15, 0.2) is 0 Å². The maximum Gasteiger partial charge on any atom is 0.245 e. The highest BCUT2D eigenvalue weighted by atomic mass is 16.5. The van der Waals surface area contributed by atoms with Gasteiger partial charge in [0.05, 0.1) is 13.2 Å². The Morgan fingerprint density at radius 3 is 2.48 bits per heavy atom. The predicted molar refractivity (Wildman–Crippen MR) is 81.7 cm³/mol. The number of carbonyl (C=O) groups excluding carboxylic acids is 2. The molecule has 3 N–H and O–H groups in total. The second-order valence-corrected chi connectivity index (χ2v) is 6.43. The summed E-state index contributed by atoms with van der Waals surface area (Å²) in [6.45, 7) is 8.91. The second-order valence-electron chi connectivity index (χ2n) is 6.43. The normalized spacial score (nSPS) is 17.4. The van der Waals surface area contributed by atoms with Crippen molar-refractivity contribution in [2.24, 2.45) is 11.1 Å². The average molecular weight is 299 g/mol. The lowest BCUT2D eigenvalue weighted by atomic mass is 9.84. The van der Waals surface area contributed by atoms with Gasteiger partial charge < -0.3 is 20.7 Å². The van der Waals surface area contributed by atoms with Gasteiger partial charge in [-0.3, -0.25) is 9.59 Å². The van der Waals surface area contributed by atoms with Crippen molar-refractivity contribution in [3.05, 3.63) is 0 Å². The highest BCUT2D eigenvalue weighted by Crippen LogP contribution is 2.25. The molecule has 1 atom stereocenters. The van der Waals surface area contributed by atoms with E-state index in [1.165, 1.54) is 0 Å². The Hall–Kier alpha value is -1.14. The Kier molecular flexibility index (Phi) is 7.11. The lowest BCUT2D eigenvalue weighted by Gasteiger charge is -2.29. The quantitative estimate of drug-likeness (QED) is 0.717. The molecule has 6 nitrogen and oxygen atoms in total. The Bertz CT molecular complexity index is 352. The Balaban J connectivity index is 2.34. The second kappa shape index (κ2) is 8.34. The summed E-state index contributed by atoms with van der Waals surface area (Å²) >= 11 is 0. The van der Waals surface area contributed by atoms with Crippen molar-refractivity contribution >= 4 is 11.8 Å².